The lowest BCUT2D eigenvalue weighted by Gasteiger charge is -2.18. The second-order valence-electron chi connectivity index (χ2n) is 4.34. The maximum atomic E-state index is 11.0. The normalized spacial score (nSPS) is 12.0. The second kappa shape index (κ2) is 5.57. The standard InChI is InChI=1S/C13H20N2O2/c1-5-11(13(16)17)14-12-7-6-10(15(3)4)8-9(12)2/h6-8,11,14H,5H2,1-4H3,(H,16,17). The number of carboxylic acid groups (broad SMARTS) is 1. The Kier molecular flexibility index (Phi) is 4.37. The average molecular weight is 236 g/mol. The van der Waals surface area contributed by atoms with Crippen LogP contribution in [0.5, 0.6) is 0 Å². The van der Waals surface area contributed by atoms with E-state index in [-0.39, 0.29) is 0 Å². The molecule has 0 saturated heterocycles. The summed E-state index contributed by atoms with van der Waals surface area (Å²) in [6.45, 7) is 3.83. The molecule has 0 radical (unpaired) electrons. The van der Waals surface area contributed by atoms with Crippen LogP contribution in [0.2, 0.25) is 0 Å². The van der Waals surface area contributed by atoms with E-state index in [4.69, 9.17) is 5.11 Å². The fourth-order valence-corrected chi connectivity index (χ4v) is 1.61. The SMILES string of the molecule is CCC(Nc1ccc(N(C)C)cc1C)C(=O)O. The van der Waals surface area contributed by atoms with Crippen molar-refractivity contribution in [3.05, 3.63) is 23.8 Å². The predicted molar refractivity (Wildman–Crippen MR) is 70.8 cm³/mol. The Bertz CT molecular complexity index is 402. The predicted octanol–water partition coefficient (Wildman–Crippen LogP) is 2.34. The van der Waals surface area contributed by atoms with Crippen molar-refractivity contribution in [2.75, 3.05) is 24.3 Å². The lowest BCUT2D eigenvalue weighted by Crippen LogP contribution is -2.28. The van der Waals surface area contributed by atoms with Crippen molar-refractivity contribution < 1.29 is 9.90 Å². The molecule has 0 aliphatic heterocycles. The molecule has 0 heterocycles. The number of carbonyl (C=O) groups is 1. The van der Waals surface area contributed by atoms with E-state index < -0.39 is 12.0 Å². The summed E-state index contributed by atoms with van der Waals surface area (Å²) in [6.07, 6.45) is 0.560. The summed E-state index contributed by atoms with van der Waals surface area (Å²) in [5, 5.41) is 12.0. The molecule has 0 bridgehead atoms. The van der Waals surface area contributed by atoms with Gasteiger partial charge in [-0.15, -0.1) is 0 Å². The topological polar surface area (TPSA) is 52.6 Å². The summed E-state index contributed by atoms with van der Waals surface area (Å²) in [7, 11) is 3.96. The molecular weight excluding hydrogens is 216 g/mol. The molecule has 0 amide bonds. The van der Waals surface area contributed by atoms with Crippen LogP contribution in [-0.2, 0) is 4.79 Å². The largest absolute Gasteiger partial charge is 0.480 e. The number of rotatable bonds is 5. The van der Waals surface area contributed by atoms with Crippen molar-refractivity contribution in [3.63, 3.8) is 0 Å². The number of aliphatic carboxylic acids is 1. The zero-order valence-corrected chi connectivity index (χ0v) is 10.8. The maximum absolute atomic E-state index is 11.0. The summed E-state index contributed by atoms with van der Waals surface area (Å²) in [6, 6.07) is 5.41. The molecule has 0 spiro atoms. The van der Waals surface area contributed by atoms with E-state index in [1.807, 2.05) is 51.0 Å². The van der Waals surface area contributed by atoms with Gasteiger partial charge in [0.15, 0.2) is 0 Å². The molecule has 0 saturated carbocycles. The van der Waals surface area contributed by atoms with Gasteiger partial charge in [0.05, 0.1) is 0 Å². The van der Waals surface area contributed by atoms with Crippen LogP contribution in [0.1, 0.15) is 18.9 Å². The van der Waals surface area contributed by atoms with Crippen molar-refractivity contribution in [1.29, 1.82) is 0 Å². The number of carboxylic acids is 1. The van der Waals surface area contributed by atoms with Crippen molar-refractivity contribution >= 4 is 17.3 Å². The Balaban J connectivity index is 2.89. The smallest absolute Gasteiger partial charge is 0.326 e. The number of benzene rings is 1. The second-order valence-corrected chi connectivity index (χ2v) is 4.34. The van der Waals surface area contributed by atoms with Crippen LogP contribution < -0.4 is 10.2 Å². The Labute approximate surface area is 102 Å². The molecule has 0 fully saturated rings. The lowest BCUT2D eigenvalue weighted by atomic mass is 10.1. The highest BCUT2D eigenvalue weighted by molar-refractivity contribution is 5.78. The molecule has 1 aromatic rings. The van der Waals surface area contributed by atoms with Crippen molar-refractivity contribution in [3.8, 4) is 0 Å². The molecule has 2 N–H and O–H groups in total. The minimum absolute atomic E-state index is 0.529. The van der Waals surface area contributed by atoms with Crippen LogP contribution in [0.4, 0.5) is 11.4 Å². The number of hydrogen-bond acceptors (Lipinski definition) is 3. The first-order valence-corrected chi connectivity index (χ1v) is 5.73. The summed E-state index contributed by atoms with van der Waals surface area (Å²) >= 11 is 0. The van der Waals surface area contributed by atoms with E-state index in [9.17, 15) is 4.79 Å². The monoisotopic (exact) mass is 236 g/mol. The van der Waals surface area contributed by atoms with Crippen molar-refractivity contribution in [1.82, 2.24) is 0 Å². The Morgan fingerprint density at radius 2 is 2.12 bits per heavy atom. The molecular formula is C13H20N2O2. The van der Waals surface area contributed by atoms with Gasteiger partial charge in [0.1, 0.15) is 6.04 Å². The molecule has 1 atom stereocenters. The first kappa shape index (κ1) is 13.4. The number of anilines is 2. The Hall–Kier alpha value is -1.71. The number of nitrogens with zero attached hydrogens (tertiary/aromatic N) is 1. The average Bonchev–Trinajstić information content (AvgIpc) is 2.26. The zero-order chi connectivity index (χ0) is 13.0. The first-order valence-electron chi connectivity index (χ1n) is 5.73. The van der Waals surface area contributed by atoms with Crippen LogP contribution in [0.15, 0.2) is 18.2 Å². The van der Waals surface area contributed by atoms with Crippen molar-refractivity contribution in [2.45, 2.75) is 26.3 Å². The molecule has 4 nitrogen and oxygen atoms in total. The van der Waals surface area contributed by atoms with Crippen LogP contribution in [0.25, 0.3) is 0 Å². The summed E-state index contributed by atoms with van der Waals surface area (Å²) in [5.74, 6) is -0.816. The van der Waals surface area contributed by atoms with E-state index in [1.54, 1.807) is 0 Å². The summed E-state index contributed by atoms with van der Waals surface area (Å²) in [4.78, 5) is 13.0. The van der Waals surface area contributed by atoms with Gasteiger partial charge < -0.3 is 15.3 Å². The summed E-state index contributed by atoms with van der Waals surface area (Å²) in [5.41, 5.74) is 3.04. The van der Waals surface area contributed by atoms with Gasteiger partial charge in [0.2, 0.25) is 0 Å². The molecule has 0 aromatic heterocycles. The highest BCUT2D eigenvalue weighted by Crippen LogP contribution is 2.22. The molecule has 4 heteroatoms. The van der Waals surface area contributed by atoms with Gasteiger partial charge in [0, 0.05) is 25.5 Å². The Morgan fingerprint density at radius 3 is 2.53 bits per heavy atom. The van der Waals surface area contributed by atoms with Gasteiger partial charge in [-0.2, -0.15) is 0 Å². The van der Waals surface area contributed by atoms with E-state index in [0.717, 1.165) is 16.9 Å². The fourth-order valence-electron chi connectivity index (χ4n) is 1.61. The third-order valence-electron chi connectivity index (χ3n) is 2.76. The fraction of sp³-hybridized carbons (Fsp3) is 0.462. The van der Waals surface area contributed by atoms with Crippen LogP contribution in [0.3, 0.4) is 0 Å². The third kappa shape index (κ3) is 3.37. The summed E-state index contributed by atoms with van der Waals surface area (Å²) < 4.78 is 0. The van der Waals surface area contributed by atoms with Gasteiger partial charge in [-0.1, -0.05) is 6.92 Å². The van der Waals surface area contributed by atoms with Crippen LogP contribution in [0, 0.1) is 6.92 Å². The van der Waals surface area contributed by atoms with Gasteiger partial charge in [-0.3, -0.25) is 0 Å². The molecule has 1 aromatic carbocycles. The van der Waals surface area contributed by atoms with Gasteiger partial charge in [-0.05, 0) is 37.1 Å². The molecule has 1 rings (SSSR count). The highest BCUT2D eigenvalue weighted by atomic mass is 16.4. The highest BCUT2D eigenvalue weighted by Gasteiger charge is 2.15. The molecule has 17 heavy (non-hydrogen) atoms. The Morgan fingerprint density at radius 1 is 1.47 bits per heavy atom. The van der Waals surface area contributed by atoms with Crippen LogP contribution >= 0.6 is 0 Å². The van der Waals surface area contributed by atoms with Gasteiger partial charge in [0.25, 0.3) is 0 Å². The van der Waals surface area contributed by atoms with E-state index in [1.165, 1.54) is 0 Å². The third-order valence-corrected chi connectivity index (χ3v) is 2.76. The van der Waals surface area contributed by atoms with E-state index in [0.29, 0.717) is 6.42 Å². The molecule has 94 valence electrons. The number of hydrogen-bond donors (Lipinski definition) is 2. The number of aryl methyl sites for hydroxylation is 1. The van der Waals surface area contributed by atoms with Gasteiger partial charge in [-0.25, -0.2) is 4.79 Å². The van der Waals surface area contributed by atoms with E-state index in [2.05, 4.69) is 5.32 Å². The van der Waals surface area contributed by atoms with Crippen LogP contribution in [-0.4, -0.2) is 31.2 Å². The molecule has 0 aliphatic carbocycles. The van der Waals surface area contributed by atoms with E-state index >= 15 is 0 Å². The number of nitrogens with one attached hydrogen (secondary N) is 1. The maximum Gasteiger partial charge on any atom is 0.326 e. The zero-order valence-electron chi connectivity index (χ0n) is 10.8. The first-order chi connectivity index (χ1) is 7.95. The molecule has 1 unspecified atom stereocenters. The minimum Gasteiger partial charge on any atom is -0.480 e. The molecule has 0 aliphatic rings. The minimum atomic E-state index is -0.816. The van der Waals surface area contributed by atoms with Gasteiger partial charge >= 0.3 is 5.97 Å². The lowest BCUT2D eigenvalue weighted by molar-refractivity contribution is -0.137. The quantitative estimate of drug-likeness (QED) is 0.824. The van der Waals surface area contributed by atoms with Crippen molar-refractivity contribution in [2.24, 2.45) is 0 Å².